The summed E-state index contributed by atoms with van der Waals surface area (Å²) in [4.78, 5) is 8.29. The number of anilines is 4. The second kappa shape index (κ2) is 6.86. The number of alkyl halides is 3. The lowest BCUT2D eigenvalue weighted by Crippen LogP contribution is -2.54. The van der Waals surface area contributed by atoms with Crippen molar-refractivity contribution in [3.63, 3.8) is 0 Å². The first kappa shape index (κ1) is 20.6. The normalized spacial score (nSPS) is 21.1. The summed E-state index contributed by atoms with van der Waals surface area (Å²) < 4.78 is 40.9. The van der Waals surface area contributed by atoms with E-state index in [0.717, 1.165) is 28.6 Å². The average molecular weight is 435 g/mol. The molecule has 0 radical (unpaired) electrons. The molecule has 0 saturated carbocycles. The van der Waals surface area contributed by atoms with Crippen LogP contribution in [0.1, 0.15) is 36.6 Å². The van der Waals surface area contributed by atoms with Crippen molar-refractivity contribution in [1.82, 2.24) is 4.98 Å². The Kier molecular flexibility index (Phi) is 4.42. The van der Waals surface area contributed by atoms with Crippen LogP contribution < -0.4 is 9.80 Å². The second-order valence-electron chi connectivity index (χ2n) is 9.03. The zero-order chi connectivity index (χ0) is 22.8. The maximum atomic E-state index is 13.6. The highest BCUT2D eigenvalue weighted by molar-refractivity contribution is 5.89. The Morgan fingerprint density at radius 1 is 0.906 bits per heavy atom. The highest BCUT2D eigenvalue weighted by Gasteiger charge is 2.54. The van der Waals surface area contributed by atoms with E-state index in [0.29, 0.717) is 11.5 Å². The highest BCUT2D eigenvalue weighted by atomic mass is 19.4. The molecule has 2 atom stereocenters. The number of para-hydroxylation sites is 2. The number of fused-ring (bicyclic) bond motifs is 5. The maximum Gasteiger partial charge on any atom is 0.433 e. The van der Waals surface area contributed by atoms with E-state index in [2.05, 4.69) is 36.4 Å². The van der Waals surface area contributed by atoms with Crippen molar-refractivity contribution in [2.75, 3.05) is 9.80 Å². The Labute approximate surface area is 185 Å². The quantitative estimate of drug-likeness (QED) is 0.393. The van der Waals surface area contributed by atoms with E-state index in [4.69, 9.17) is 0 Å². The standard InChI is InChI=1S/C26H24F3N3/c1-5-18-17-11-7-9-13-20(17)31-21-14-15-22(26(27,28)29)30-23(21)32(24(31)25(18,3)4)19-12-8-6-10-16(19)2/h5-15,18,24H,1H2,2-4H3. The van der Waals surface area contributed by atoms with E-state index in [9.17, 15) is 13.2 Å². The van der Waals surface area contributed by atoms with E-state index in [-0.39, 0.29) is 17.5 Å². The summed E-state index contributed by atoms with van der Waals surface area (Å²) >= 11 is 0. The van der Waals surface area contributed by atoms with Crippen molar-refractivity contribution < 1.29 is 13.2 Å². The summed E-state index contributed by atoms with van der Waals surface area (Å²) in [6.07, 6.45) is -2.84. The van der Waals surface area contributed by atoms with Crippen LogP contribution in [0.2, 0.25) is 0 Å². The van der Waals surface area contributed by atoms with Gasteiger partial charge in [-0.1, -0.05) is 56.3 Å². The van der Waals surface area contributed by atoms with Crippen molar-refractivity contribution in [2.24, 2.45) is 5.41 Å². The zero-order valence-electron chi connectivity index (χ0n) is 18.2. The third-order valence-electron chi connectivity index (χ3n) is 6.73. The fourth-order valence-corrected chi connectivity index (χ4v) is 5.30. The first-order chi connectivity index (χ1) is 15.2. The number of hydrogen-bond acceptors (Lipinski definition) is 3. The molecule has 5 rings (SSSR count). The molecule has 3 heterocycles. The molecule has 1 aromatic heterocycles. The van der Waals surface area contributed by atoms with Crippen LogP contribution in [0.4, 0.5) is 36.1 Å². The minimum absolute atomic E-state index is 0.0165. The van der Waals surface area contributed by atoms with Crippen LogP contribution in [0.25, 0.3) is 0 Å². The number of nitrogens with zero attached hydrogens (tertiary/aromatic N) is 3. The largest absolute Gasteiger partial charge is 0.433 e. The van der Waals surface area contributed by atoms with Crippen LogP contribution in [0.5, 0.6) is 0 Å². The number of hydrogen-bond donors (Lipinski definition) is 0. The van der Waals surface area contributed by atoms with E-state index in [1.807, 2.05) is 60.4 Å². The number of benzene rings is 2. The number of allylic oxidation sites excluding steroid dienone is 1. The van der Waals surface area contributed by atoms with E-state index < -0.39 is 11.9 Å². The van der Waals surface area contributed by atoms with Crippen molar-refractivity contribution in [3.8, 4) is 0 Å². The van der Waals surface area contributed by atoms with Crippen molar-refractivity contribution in [1.29, 1.82) is 0 Å². The molecule has 0 N–H and O–H groups in total. The fraction of sp³-hybridized carbons (Fsp3) is 0.269. The van der Waals surface area contributed by atoms with Crippen LogP contribution in [0.3, 0.4) is 0 Å². The first-order valence-electron chi connectivity index (χ1n) is 10.6. The van der Waals surface area contributed by atoms with E-state index in [1.54, 1.807) is 6.07 Å². The molecule has 0 bridgehead atoms. The summed E-state index contributed by atoms with van der Waals surface area (Å²) in [5.74, 6) is 0.342. The smallest absolute Gasteiger partial charge is 0.316 e. The minimum Gasteiger partial charge on any atom is -0.316 e. The Morgan fingerprint density at radius 3 is 2.22 bits per heavy atom. The maximum absolute atomic E-state index is 13.6. The van der Waals surface area contributed by atoms with Gasteiger partial charge in [0.2, 0.25) is 0 Å². The average Bonchev–Trinajstić information content (AvgIpc) is 3.09. The molecule has 0 spiro atoms. The van der Waals surface area contributed by atoms with Crippen molar-refractivity contribution in [2.45, 2.75) is 39.0 Å². The van der Waals surface area contributed by atoms with Gasteiger partial charge in [0, 0.05) is 22.7 Å². The van der Waals surface area contributed by atoms with Gasteiger partial charge in [-0.3, -0.25) is 0 Å². The predicted octanol–water partition coefficient (Wildman–Crippen LogP) is 7.33. The molecule has 0 aliphatic carbocycles. The van der Waals surface area contributed by atoms with Gasteiger partial charge in [0.05, 0.1) is 5.69 Å². The van der Waals surface area contributed by atoms with Crippen LogP contribution in [-0.2, 0) is 6.18 Å². The summed E-state index contributed by atoms with van der Waals surface area (Å²) in [7, 11) is 0. The van der Waals surface area contributed by atoms with Crippen LogP contribution in [0.15, 0.2) is 73.3 Å². The van der Waals surface area contributed by atoms with Crippen LogP contribution >= 0.6 is 0 Å². The lowest BCUT2D eigenvalue weighted by molar-refractivity contribution is -0.141. The van der Waals surface area contributed by atoms with Gasteiger partial charge in [0.25, 0.3) is 0 Å². The van der Waals surface area contributed by atoms with Crippen LogP contribution in [-0.4, -0.2) is 11.1 Å². The van der Waals surface area contributed by atoms with Gasteiger partial charge in [-0.15, -0.1) is 6.58 Å². The minimum atomic E-state index is -4.52. The molecule has 0 saturated heterocycles. The third-order valence-corrected chi connectivity index (χ3v) is 6.73. The summed E-state index contributed by atoms with van der Waals surface area (Å²) in [5.41, 5.74) is 3.32. The topological polar surface area (TPSA) is 19.4 Å². The molecule has 0 fully saturated rings. The predicted molar refractivity (Wildman–Crippen MR) is 122 cm³/mol. The van der Waals surface area contributed by atoms with Gasteiger partial charge in [0.1, 0.15) is 11.9 Å². The molecule has 2 unspecified atom stereocenters. The van der Waals surface area contributed by atoms with Gasteiger partial charge < -0.3 is 9.80 Å². The second-order valence-corrected chi connectivity index (χ2v) is 9.03. The van der Waals surface area contributed by atoms with E-state index >= 15 is 0 Å². The Hall–Kier alpha value is -3.28. The number of aryl methyl sites for hydroxylation is 1. The fourth-order valence-electron chi connectivity index (χ4n) is 5.30. The molecule has 3 aromatic rings. The van der Waals surface area contributed by atoms with Gasteiger partial charge in [-0.2, -0.15) is 13.2 Å². The Morgan fingerprint density at radius 2 is 1.56 bits per heavy atom. The number of rotatable bonds is 2. The molecule has 2 aliphatic heterocycles. The Balaban J connectivity index is 1.84. The Bertz CT molecular complexity index is 1210. The number of aromatic nitrogens is 1. The molecule has 2 aromatic carbocycles. The van der Waals surface area contributed by atoms with Gasteiger partial charge in [-0.05, 0) is 42.3 Å². The van der Waals surface area contributed by atoms with Crippen molar-refractivity contribution in [3.05, 3.63) is 90.1 Å². The zero-order valence-corrected chi connectivity index (χ0v) is 18.2. The lowest BCUT2D eigenvalue weighted by Gasteiger charge is -2.51. The molecule has 2 aliphatic rings. The SMILES string of the molecule is C=CC1c2ccccc2N2c3ccc(C(F)(F)F)nc3N(c3ccccc3C)C2C1(C)C. The lowest BCUT2D eigenvalue weighted by atomic mass is 9.68. The number of pyridine rings is 1. The summed E-state index contributed by atoms with van der Waals surface area (Å²) in [5, 5.41) is 0. The van der Waals surface area contributed by atoms with Gasteiger partial charge in [-0.25, -0.2) is 4.98 Å². The molecule has 32 heavy (non-hydrogen) atoms. The third kappa shape index (κ3) is 2.78. The molecule has 0 amide bonds. The van der Waals surface area contributed by atoms with Crippen molar-refractivity contribution >= 4 is 22.9 Å². The van der Waals surface area contributed by atoms with Gasteiger partial charge in [0.15, 0.2) is 5.82 Å². The molecular formula is C26H24F3N3. The first-order valence-corrected chi connectivity index (χ1v) is 10.6. The summed E-state index contributed by atoms with van der Waals surface area (Å²) in [6.45, 7) is 10.4. The molecule has 6 heteroatoms. The molecule has 3 nitrogen and oxygen atoms in total. The molecule has 164 valence electrons. The monoisotopic (exact) mass is 435 g/mol. The molecular weight excluding hydrogens is 411 g/mol. The highest BCUT2D eigenvalue weighted by Crippen LogP contribution is 2.60. The van der Waals surface area contributed by atoms with Gasteiger partial charge >= 0.3 is 6.18 Å². The number of halogens is 3. The van der Waals surface area contributed by atoms with E-state index in [1.165, 1.54) is 0 Å². The van der Waals surface area contributed by atoms with Crippen LogP contribution in [0, 0.1) is 12.3 Å². The summed E-state index contributed by atoms with van der Waals surface area (Å²) in [6, 6.07) is 18.4.